The van der Waals surface area contributed by atoms with Gasteiger partial charge in [-0.05, 0) is 31.5 Å². The van der Waals surface area contributed by atoms with E-state index in [0.29, 0.717) is 5.95 Å². The van der Waals surface area contributed by atoms with Gasteiger partial charge in [0.15, 0.2) is 0 Å². The summed E-state index contributed by atoms with van der Waals surface area (Å²) in [6.07, 6.45) is 1.03. The van der Waals surface area contributed by atoms with Gasteiger partial charge in [0.05, 0.1) is 0 Å². The van der Waals surface area contributed by atoms with Crippen LogP contribution in [0.25, 0.3) is 0 Å². The summed E-state index contributed by atoms with van der Waals surface area (Å²) in [7, 11) is 0. The number of aryl methyl sites for hydroxylation is 1. The number of nitrogens with one attached hydrogen (secondary N) is 3. The van der Waals surface area contributed by atoms with Crippen LogP contribution in [0.3, 0.4) is 0 Å². The van der Waals surface area contributed by atoms with Crippen molar-refractivity contribution >= 4 is 29.0 Å². The number of nitrogens with zero attached hydrogens (tertiary/aromatic N) is 2. The molecule has 0 spiro atoms. The largest absolute Gasteiger partial charge is 0.370 e. The lowest BCUT2D eigenvalue weighted by molar-refractivity contribution is -0.114. The van der Waals surface area contributed by atoms with E-state index in [9.17, 15) is 4.79 Å². The first kappa shape index (κ1) is 15.8. The fourth-order valence-electron chi connectivity index (χ4n) is 1.98. The minimum absolute atomic E-state index is 0.102. The van der Waals surface area contributed by atoms with E-state index in [0.717, 1.165) is 35.9 Å². The molecule has 22 heavy (non-hydrogen) atoms. The van der Waals surface area contributed by atoms with E-state index in [4.69, 9.17) is 0 Å². The molecule has 1 aromatic carbocycles. The van der Waals surface area contributed by atoms with Gasteiger partial charge in [-0.15, -0.1) is 0 Å². The number of aromatic nitrogens is 2. The topological polar surface area (TPSA) is 78.9 Å². The summed E-state index contributed by atoms with van der Waals surface area (Å²) >= 11 is 0. The van der Waals surface area contributed by atoms with Gasteiger partial charge in [0.1, 0.15) is 5.82 Å². The molecule has 2 aromatic rings. The Labute approximate surface area is 130 Å². The van der Waals surface area contributed by atoms with Crippen LogP contribution < -0.4 is 16.0 Å². The van der Waals surface area contributed by atoms with Gasteiger partial charge in [-0.3, -0.25) is 4.79 Å². The molecule has 0 aliphatic heterocycles. The highest BCUT2D eigenvalue weighted by molar-refractivity contribution is 5.89. The van der Waals surface area contributed by atoms with Gasteiger partial charge < -0.3 is 16.0 Å². The van der Waals surface area contributed by atoms with E-state index in [1.807, 2.05) is 37.3 Å². The molecule has 0 atom stereocenters. The summed E-state index contributed by atoms with van der Waals surface area (Å²) in [5, 5.41) is 9.16. The van der Waals surface area contributed by atoms with Crippen molar-refractivity contribution in [2.45, 2.75) is 27.2 Å². The summed E-state index contributed by atoms with van der Waals surface area (Å²) in [6.45, 7) is 6.38. The number of rotatable bonds is 6. The lowest BCUT2D eigenvalue weighted by Gasteiger charge is -2.10. The maximum Gasteiger partial charge on any atom is 0.229 e. The minimum atomic E-state index is -0.102. The Morgan fingerprint density at radius 2 is 1.95 bits per heavy atom. The van der Waals surface area contributed by atoms with Crippen molar-refractivity contribution in [2.75, 3.05) is 22.5 Å². The average Bonchev–Trinajstić information content (AvgIpc) is 2.44. The second-order valence-corrected chi connectivity index (χ2v) is 5.03. The van der Waals surface area contributed by atoms with Gasteiger partial charge in [0, 0.05) is 36.6 Å². The van der Waals surface area contributed by atoms with E-state index in [2.05, 4.69) is 32.8 Å². The highest BCUT2D eigenvalue weighted by Gasteiger charge is 2.04. The predicted octanol–water partition coefficient (Wildman–Crippen LogP) is 3.31. The first-order chi connectivity index (χ1) is 10.6. The molecule has 6 heteroatoms. The SMILES string of the molecule is CCCNc1cc(C)nc(Nc2cccc(NC(C)=O)c2)n1. The molecular formula is C16H21N5O. The molecule has 6 nitrogen and oxygen atoms in total. The molecule has 1 aromatic heterocycles. The van der Waals surface area contributed by atoms with Gasteiger partial charge in [0.2, 0.25) is 11.9 Å². The highest BCUT2D eigenvalue weighted by atomic mass is 16.1. The quantitative estimate of drug-likeness (QED) is 0.762. The standard InChI is InChI=1S/C16H21N5O/c1-4-8-17-15-9-11(2)18-16(21-15)20-14-7-5-6-13(10-14)19-12(3)22/h5-7,9-10H,4,8H2,1-3H3,(H,19,22)(H2,17,18,20,21). The number of hydrogen-bond acceptors (Lipinski definition) is 5. The molecule has 0 bridgehead atoms. The van der Waals surface area contributed by atoms with Crippen molar-refractivity contribution in [3.05, 3.63) is 36.0 Å². The number of hydrogen-bond donors (Lipinski definition) is 3. The maximum absolute atomic E-state index is 11.1. The lowest BCUT2D eigenvalue weighted by atomic mass is 10.2. The Bertz CT molecular complexity index is 657. The van der Waals surface area contributed by atoms with Gasteiger partial charge in [-0.1, -0.05) is 13.0 Å². The molecule has 1 amide bonds. The van der Waals surface area contributed by atoms with Crippen molar-refractivity contribution in [1.82, 2.24) is 9.97 Å². The van der Waals surface area contributed by atoms with Gasteiger partial charge in [-0.2, -0.15) is 4.98 Å². The van der Waals surface area contributed by atoms with E-state index < -0.39 is 0 Å². The van der Waals surface area contributed by atoms with Crippen LogP contribution in [-0.4, -0.2) is 22.4 Å². The molecular weight excluding hydrogens is 278 g/mol. The molecule has 0 aliphatic rings. The summed E-state index contributed by atoms with van der Waals surface area (Å²) in [6, 6.07) is 9.34. The molecule has 116 valence electrons. The molecule has 3 N–H and O–H groups in total. The first-order valence-electron chi connectivity index (χ1n) is 7.31. The van der Waals surface area contributed by atoms with Crippen molar-refractivity contribution in [2.24, 2.45) is 0 Å². The number of carbonyl (C=O) groups excluding carboxylic acids is 1. The van der Waals surface area contributed by atoms with Crippen LogP contribution in [-0.2, 0) is 4.79 Å². The Morgan fingerprint density at radius 3 is 2.68 bits per heavy atom. The molecule has 0 fully saturated rings. The fourth-order valence-corrected chi connectivity index (χ4v) is 1.98. The monoisotopic (exact) mass is 299 g/mol. The van der Waals surface area contributed by atoms with Crippen LogP contribution >= 0.6 is 0 Å². The number of benzene rings is 1. The number of anilines is 4. The molecule has 0 aliphatic carbocycles. The molecule has 1 heterocycles. The Balaban J connectivity index is 2.16. The van der Waals surface area contributed by atoms with Crippen molar-refractivity contribution in [1.29, 1.82) is 0 Å². The maximum atomic E-state index is 11.1. The van der Waals surface area contributed by atoms with E-state index in [1.54, 1.807) is 0 Å². The third-order valence-electron chi connectivity index (χ3n) is 2.85. The average molecular weight is 299 g/mol. The number of amides is 1. The third kappa shape index (κ3) is 4.73. The zero-order chi connectivity index (χ0) is 15.9. The van der Waals surface area contributed by atoms with Crippen LogP contribution in [0, 0.1) is 6.92 Å². The molecule has 0 saturated heterocycles. The second-order valence-electron chi connectivity index (χ2n) is 5.03. The summed E-state index contributed by atoms with van der Waals surface area (Å²) in [5.74, 6) is 1.23. The lowest BCUT2D eigenvalue weighted by Crippen LogP contribution is -2.07. The van der Waals surface area contributed by atoms with Crippen molar-refractivity contribution < 1.29 is 4.79 Å². The number of carbonyl (C=O) groups is 1. The summed E-state index contributed by atoms with van der Waals surface area (Å²) in [5.41, 5.74) is 2.43. The third-order valence-corrected chi connectivity index (χ3v) is 2.85. The zero-order valence-electron chi connectivity index (χ0n) is 13.1. The summed E-state index contributed by atoms with van der Waals surface area (Å²) in [4.78, 5) is 19.9. The normalized spacial score (nSPS) is 10.1. The van der Waals surface area contributed by atoms with E-state index >= 15 is 0 Å². The molecule has 0 radical (unpaired) electrons. The predicted molar refractivity (Wildman–Crippen MR) is 89.6 cm³/mol. The van der Waals surface area contributed by atoms with Gasteiger partial charge in [-0.25, -0.2) is 4.98 Å². The van der Waals surface area contributed by atoms with Gasteiger partial charge in [0.25, 0.3) is 0 Å². The minimum Gasteiger partial charge on any atom is -0.370 e. The highest BCUT2D eigenvalue weighted by Crippen LogP contribution is 2.19. The van der Waals surface area contributed by atoms with E-state index in [1.165, 1.54) is 6.92 Å². The second kappa shape index (κ2) is 7.40. The van der Waals surface area contributed by atoms with Crippen LogP contribution in [0.2, 0.25) is 0 Å². The fraction of sp³-hybridized carbons (Fsp3) is 0.312. The smallest absolute Gasteiger partial charge is 0.229 e. The van der Waals surface area contributed by atoms with Crippen LogP contribution in [0.5, 0.6) is 0 Å². The Morgan fingerprint density at radius 1 is 1.18 bits per heavy atom. The molecule has 0 saturated carbocycles. The van der Waals surface area contributed by atoms with Crippen molar-refractivity contribution in [3.63, 3.8) is 0 Å². The molecule has 0 unspecified atom stereocenters. The Kier molecular flexibility index (Phi) is 5.30. The van der Waals surface area contributed by atoms with Crippen LogP contribution in [0.15, 0.2) is 30.3 Å². The molecule has 2 rings (SSSR count). The summed E-state index contributed by atoms with van der Waals surface area (Å²) < 4.78 is 0. The zero-order valence-corrected chi connectivity index (χ0v) is 13.1. The first-order valence-corrected chi connectivity index (χ1v) is 7.31. The van der Waals surface area contributed by atoms with E-state index in [-0.39, 0.29) is 5.91 Å². The van der Waals surface area contributed by atoms with Crippen molar-refractivity contribution in [3.8, 4) is 0 Å². The van der Waals surface area contributed by atoms with Crippen LogP contribution in [0.4, 0.5) is 23.1 Å². The Hall–Kier alpha value is -2.63. The van der Waals surface area contributed by atoms with Gasteiger partial charge >= 0.3 is 0 Å². The van der Waals surface area contributed by atoms with Crippen LogP contribution in [0.1, 0.15) is 26.0 Å².